The van der Waals surface area contributed by atoms with Gasteiger partial charge in [0.15, 0.2) is 0 Å². The Morgan fingerprint density at radius 2 is 2.12 bits per heavy atom. The Bertz CT molecular complexity index is 264. The van der Waals surface area contributed by atoms with Gasteiger partial charge in [-0.2, -0.15) is 0 Å². The summed E-state index contributed by atoms with van der Waals surface area (Å²) in [7, 11) is 0. The maximum absolute atomic E-state index is 11.6. The summed E-state index contributed by atoms with van der Waals surface area (Å²) in [5.41, 5.74) is 0. The summed E-state index contributed by atoms with van der Waals surface area (Å²) in [5.74, 6) is 0.259. The first-order valence-corrected chi connectivity index (χ1v) is 5.79. The van der Waals surface area contributed by atoms with Crippen LogP contribution in [0.4, 0.5) is 4.79 Å². The van der Waals surface area contributed by atoms with E-state index in [9.17, 15) is 9.59 Å². The van der Waals surface area contributed by atoms with E-state index in [-0.39, 0.29) is 12.6 Å². The molecule has 1 unspecified atom stereocenters. The number of carboxylic acids is 1. The maximum Gasteiger partial charge on any atom is 0.323 e. The highest BCUT2D eigenvalue weighted by Gasteiger charge is 2.28. The molecule has 2 N–H and O–H groups in total. The van der Waals surface area contributed by atoms with Crippen molar-refractivity contribution in [3.05, 3.63) is 0 Å². The minimum absolute atomic E-state index is 0.236. The zero-order valence-electron chi connectivity index (χ0n) is 9.90. The van der Waals surface area contributed by atoms with Crippen LogP contribution in [0.3, 0.4) is 0 Å². The molecule has 1 rings (SSSR count). The highest BCUT2D eigenvalue weighted by atomic mass is 16.4. The highest BCUT2D eigenvalue weighted by molar-refractivity contribution is 5.79. The van der Waals surface area contributed by atoms with Crippen molar-refractivity contribution in [2.24, 2.45) is 11.8 Å². The molecule has 92 valence electrons. The van der Waals surface area contributed by atoms with E-state index < -0.39 is 5.97 Å². The third-order valence-corrected chi connectivity index (χ3v) is 3.00. The van der Waals surface area contributed by atoms with Crippen LogP contribution in [0.25, 0.3) is 0 Å². The van der Waals surface area contributed by atoms with Crippen LogP contribution in [-0.4, -0.2) is 41.6 Å². The van der Waals surface area contributed by atoms with E-state index in [4.69, 9.17) is 5.11 Å². The minimum atomic E-state index is -0.979. The number of likely N-dealkylation sites (N-methyl/N-ethyl adjacent to an activating group) is 1. The molecule has 0 spiro atoms. The van der Waals surface area contributed by atoms with Gasteiger partial charge in [-0.15, -0.1) is 0 Å². The Balaban J connectivity index is 2.27. The summed E-state index contributed by atoms with van der Waals surface area (Å²) in [6.07, 6.45) is 2.51. The number of hydrogen-bond acceptors (Lipinski definition) is 2. The van der Waals surface area contributed by atoms with Crippen molar-refractivity contribution >= 4 is 12.0 Å². The van der Waals surface area contributed by atoms with Crippen molar-refractivity contribution in [2.75, 3.05) is 19.6 Å². The van der Waals surface area contributed by atoms with E-state index in [0.717, 1.165) is 5.92 Å². The van der Waals surface area contributed by atoms with Gasteiger partial charge in [-0.05, 0) is 31.6 Å². The monoisotopic (exact) mass is 228 g/mol. The number of amides is 2. The second-order valence-corrected chi connectivity index (χ2v) is 4.41. The van der Waals surface area contributed by atoms with Crippen LogP contribution in [0, 0.1) is 11.8 Å². The molecular formula is C11H20N2O3. The van der Waals surface area contributed by atoms with Crippen molar-refractivity contribution in [3.8, 4) is 0 Å². The summed E-state index contributed by atoms with van der Waals surface area (Å²) in [6, 6.07) is -0.280. The van der Waals surface area contributed by atoms with E-state index in [2.05, 4.69) is 12.2 Å². The first kappa shape index (κ1) is 12.8. The van der Waals surface area contributed by atoms with Gasteiger partial charge in [-0.3, -0.25) is 4.79 Å². The molecule has 0 aromatic heterocycles. The fourth-order valence-electron chi connectivity index (χ4n) is 1.68. The van der Waals surface area contributed by atoms with Crippen molar-refractivity contribution in [1.29, 1.82) is 0 Å². The Morgan fingerprint density at radius 1 is 1.50 bits per heavy atom. The molecule has 1 aliphatic rings. The first-order valence-electron chi connectivity index (χ1n) is 5.79. The summed E-state index contributed by atoms with van der Waals surface area (Å²) in [5, 5.41) is 11.4. The fraction of sp³-hybridized carbons (Fsp3) is 0.818. The Hall–Kier alpha value is -1.26. The average Bonchev–Trinajstić information content (AvgIpc) is 3.05. The Labute approximate surface area is 95.8 Å². The molecular weight excluding hydrogens is 208 g/mol. The van der Waals surface area contributed by atoms with Gasteiger partial charge in [0.2, 0.25) is 0 Å². The van der Waals surface area contributed by atoms with E-state index in [1.54, 1.807) is 6.92 Å². The number of carbonyl (C=O) groups is 2. The number of hydrogen-bond donors (Lipinski definition) is 2. The van der Waals surface area contributed by atoms with Gasteiger partial charge >= 0.3 is 12.0 Å². The number of nitrogens with one attached hydrogen (secondary N) is 1. The van der Waals surface area contributed by atoms with Crippen molar-refractivity contribution in [3.63, 3.8) is 0 Å². The Morgan fingerprint density at radius 3 is 2.56 bits per heavy atom. The average molecular weight is 228 g/mol. The number of carbonyl (C=O) groups excluding carboxylic acids is 1. The van der Waals surface area contributed by atoms with Crippen LogP contribution in [0.15, 0.2) is 0 Å². The molecule has 0 saturated heterocycles. The zero-order valence-corrected chi connectivity index (χ0v) is 9.90. The molecule has 5 heteroatoms. The van der Waals surface area contributed by atoms with Gasteiger partial charge in [0, 0.05) is 13.1 Å². The first-order chi connectivity index (χ1) is 7.54. The van der Waals surface area contributed by atoms with Crippen LogP contribution in [0.2, 0.25) is 0 Å². The summed E-state index contributed by atoms with van der Waals surface area (Å²) < 4.78 is 0. The second-order valence-electron chi connectivity index (χ2n) is 4.41. The smallest absolute Gasteiger partial charge is 0.323 e. The van der Waals surface area contributed by atoms with Gasteiger partial charge in [0.05, 0.1) is 0 Å². The fourth-order valence-corrected chi connectivity index (χ4v) is 1.68. The predicted octanol–water partition coefficient (Wildman–Crippen LogP) is 1.15. The quantitative estimate of drug-likeness (QED) is 0.716. The normalized spacial score (nSPS) is 16.6. The Kier molecular flexibility index (Phi) is 4.58. The van der Waals surface area contributed by atoms with E-state index >= 15 is 0 Å². The number of carboxylic acid groups (broad SMARTS) is 1. The van der Waals surface area contributed by atoms with Crippen molar-refractivity contribution in [1.82, 2.24) is 10.2 Å². The van der Waals surface area contributed by atoms with E-state index in [1.807, 2.05) is 0 Å². The van der Waals surface area contributed by atoms with Gasteiger partial charge in [-0.1, -0.05) is 6.92 Å². The molecule has 0 bridgehead atoms. The van der Waals surface area contributed by atoms with Gasteiger partial charge in [0.1, 0.15) is 6.54 Å². The minimum Gasteiger partial charge on any atom is -0.480 e. The molecule has 1 atom stereocenters. The summed E-state index contributed by atoms with van der Waals surface area (Å²) in [6.45, 7) is 4.70. The lowest BCUT2D eigenvalue weighted by atomic mass is 10.1. The summed E-state index contributed by atoms with van der Waals surface area (Å²) >= 11 is 0. The largest absolute Gasteiger partial charge is 0.480 e. The molecule has 0 aromatic rings. The summed E-state index contributed by atoms with van der Waals surface area (Å²) in [4.78, 5) is 23.4. The van der Waals surface area contributed by atoms with Crippen LogP contribution < -0.4 is 5.32 Å². The van der Waals surface area contributed by atoms with Crippen molar-refractivity contribution in [2.45, 2.75) is 26.7 Å². The standard InChI is InChI=1S/C11H20N2O3/c1-3-13(7-10(14)15)11(16)12-6-8(2)9-4-5-9/h8-9H,3-7H2,1-2H3,(H,12,16)(H,14,15). The van der Waals surface area contributed by atoms with Crippen molar-refractivity contribution < 1.29 is 14.7 Å². The molecule has 1 saturated carbocycles. The van der Waals surface area contributed by atoms with Crippen LogP contribution >= 0.6 is 0 Å². The topological polar surface area (TPSA) is 69.6 Å². The SMILES string of the molecule is CCN(CC(=O)O)C(=O)NCC(C)C1CC1. The number of rotatable bonds is 6. The van der Waals surface area contributed by atoms with E-state index in [0.29, 0.717) is 19.0 Å². The third kappa shape index (κ3) is 4.08. The number of nitrogens with zero attached hydrogens (tertiary/aromatic N) is 1. The molecule has 5 nitrogen and oxygen atoms in total. The molecule has 1 aliphatic carbocycles. The lowest BCUT2D eigenvalue weighted by molar-refractivity contribution is -0.137. The number of aliphatic carboxylic acids is 1. The highest BCUT2D eigenvalue weighted by Crippen LogP contribution is 2.36. The molecule has 0 aromatic carbocycles. The molecule has 0 radical (unpaired) electrons. The van der Waals surface area contributed by atoms with Crippen LogP contribution in [0.5, 0.6) is 0 Å². The molecule has 1 fully saturated rings. The predicted molar refractivity (Wildman–Crippen MR) is 60.2 cm³/mol. The van der Waals surface area contributed by atoms with Crippen LogP contribution in [-0.2, 0) is 4.79 Å². The third-order valence-electron chi connectivity index (χ3n) is 3.00. The molecule has 0 heterocycles. The van der Waals surface area contributed by atoms with Gasteiger partial charge in [0.25, 0.3) is 0 Å². The van der Waals surface area contributed by atoms with E-state index in [1.165, 1.54) is 17.7 Å². The molecule has 2 amide bonds. The lowest BCUT2D eigenvalue weighted by Gasteiger charge is -2.20. The number of urea groups is 1. The molecule has 0 aliphatic heterocycles. The lowest BCUT2D eigenvalue weighted by Crippen LogP contribution is -2.44. The van der Waals surface area contributed by atoms with Gasteiger partial charge < -0.3 is 15.3 Å². The second kappa shape index (κ2) is 5.72. The van der Waals surface area contributed by atoms with Gasteiger partial charge in [-0.25, -0.2) is 4.79 Å². The van der Waals surface area contributed by atoms with Crippen LogP contribution in [0.1, 0.15) is 26.7 Å². The maximum atomic E-state index is 11.6. The molecule has 16 heavy (non-hydrogen) atoms. The zero-order chi connectivity index (χ0) is 12.1.